The van der Waals surface area contributed by atoms with E-state index in [-0.39, 0.29) is 5.88 Å². The highest BCUT2D eigenvalue weighted by Gasteiger charge is 2.07. The number of hydrogen-bond donors (Lipinski definition) is 1. The smallest absolute Gasteiger partial charge is 0.212 e. The molecule has 0 saturated carbocycles. The zero-order valence-electron chi connectivity index (χ0n) is 7.50. The minimum Gasteiger partial charge on any atom is -0.493 e. The van der Waals surface area contributed by atoms with E-state index in [9.17, 15) is 5.11 Å². The van der Waals surface area contributed by atoms with E-state index in [4.69, 9.17) is 0 Å². The maximum absolute atomic E-state index is 9.24. The van der Waals surface area contributed by atoms with Crippen LogP contribution in [0.2, 0.25) is 0 Å². The Hall–Kier alpha value is -0.830. The molecule has 3 heteroatoms. The van der Waals surface area contributed by atoms with Crippen molar-refractivity contribution in [2.24, 2.45) is 0 Å². The first-order valence-corrected chi connectivity index (χ1v) is 4.90. The number of halogens is 1. The Bertz CT molecular complexity index is 292. The van der Waals surface area contributed by atoms with Crippen molar-refractivity contribution in [3.8, 4) is 5.88 Å². The van der Waals surface area contributed by atoms with Crippen LogP contribution in [0, 0.1) is 0 Å². The Morgan fingerprint density at radius 2 is 2.38 bits per heavy atom. The van der Waals surface area contributed by atoms with Gasteiger partial charge in [0.05, 0.1) is 0 Å². The van der Waals surface area contributed by atoms with Gasteiger partial charge in [0.25, 0.3) is 0 Å². The van der Waals surface area contributed by atoms with Gasteiger partial charge in [-0.2, -0.15) is 0 Å². The van der Waals surface area contributed by atoms with Crippen LogP contribution in [0.1, 0.15) is 25.0 Å². The van der Waals surface area contributed by atoms with Crippen LogP contribution < -0.4 is 0 Å². The maximum Gasteiger partial charge on any atom is 0.212 e. The molecule has 0 aliphatic carbocycles. The third kappa shape index (κ3) is 2.84. The van der Waals surface area contributed by atoms with Gasteiger partial charge in [0.15, 0.2) is 0 Å². The molecule has 0 aliphatic heterocycles. The van der Waals surface area contributed by atoms with Crippen LogP contribution in [0.4, 0.5) is 0 Å². The van der Waals surface area contributed by atoms with E-state index >= 15 is 0 Å². The minimum absolute atomic E-state index is 0.0558. The highest BCUT2D eigenvalue weighted by molar-refractivity contribution is 9.10. The van der Waals surface area contributed by atoms with Crippen molar-refractivity contribution in [3.05, 3.63) is 35.0 Å². The predicted molar refractivity (Wildman–Crippen MR) is 56.8 cm³/mol. The molecule has 0 fully saturated rings. The number of rotatable bonds is 3. The lowest BCUT2D eigenvalue weighted by atomic mass is 10.0. The van der Waals surface area contributed by atoms with Crippen LogP contribution in [0.25, 0.3) is 0 Å². The fraction of sp³-hybridized carbons (Fsp3) is 0.300. The monoisotopic (exact) mass is 241 g/mol. The molecule has 2 nitrogen and oxygen atoms in total. The molecule has 0 radical (unpaired) electrons. The van der Waals surface area contributed by atoms with Gasteiger partial charge in [-0.3, -0.25) is 0 Å². The number of pyridine rings is 1. The molecule has 0 aromatic carbocycles. The molecule has 13 heavy (non-hydrogen) atoms. The predicted octanol–water partition coefficient (Wildman–Crippen LogP) is 3.23. The van der Waals surface area contributed by atoms with E-state index in [0.717, 1.165) is 16.6 Å². The highest BCUT2D eigenvalue weighted by Crippen LogP contribution is 2.23. The largest absolute Gasteiger partial charge is 0.493 e. The molecule has 1 aromatic rings. The van der Waals surface area contributed by atoms with Gasteiger partial charge in [0.1, 0.15) is 0 Å². The second-order valence-electron chi connectivity index (χ2n) is 2.99. The van der Waals surface area contributed by atoms with Crippen molar-refractivity contribution in [1.82, 2.24) is 4.98 Å². The first-order chi connectivity index (χ1) is 6.13. The molecule has 0 aliphatic rings. The van der Waals surface area contributed by atoms with E-state index in [2.05, 4.69) is 34.4 Å². The van der Waals surface area contributed by atoms with E-state index in [1.165, 1.54) is 0 Å². The lowest BCUT2D eigenvalue weighted by molar-refractivity contribution is 0.448. The Morgan fingerprint density at radius 3 is 2.92 bits per heavy atom. The molecule has 1 N–H and O–H groups in total. The van der Waals surface area contributed by atoms with E-state index < -0.39 is 0 Å². The van der Waals surface area contributed by atoms with Gasteiger partial charge in [0.2, 0.25) is 5.88 Å². The van der Waals surface area contributed by atoms with Crippen LogP contribution in [0.15, 0.2) is 29.3 Å². The zero-order valence-corrected chi connectivity index (χ0v) is 9.08. The summed E-state index contributed by atoms with van der Waals surface area (Å²) in [7, 11) is 0. The summed E-state index contributed by atoms with van der Waals surface area (Å²) < 4.78 is 0.853. The Balaban J connectivity index is 2.93. The van der Waals surface area contributed by atoms with Crippen LogP contribution in [-0.2, 0) is 0 Å². The van der Waals surface area contributed by atoms with Gasteiger partial charge in [-0.1, -0.05) is 28.9 Å². The van der Waals surface area contributed by atoms with Crippen molar-refractivity contribution >= 4 is 15.9 Å². The van der Waals surface area contributed by atoms with Gasteiger partial charge in [-0.25, -0.2) is 4.98 Å². The van der Waals surface area contributed by atoms with Gasteiger partial charge in [-0.05, 0) is 12.5 Å². The first-order valence-electron chi connectivity index (χ1n) is 4.11. The molecular formula is C10H12BrNO. The van der Waals surface area contributed by atoms with Crippen molar-refractivity contribution in [2.45, 2.75) is 19.3 Å². The third-order valence-corrected chi connectivity index (χ3v) is 2.28. The van der Waals surface area contributed by atoms with E-state index in [0.29, 0.717) is 5.92 Å². The van der Waals surface area contributed by atoms with Crippen LogP contribution in [0.5, 0.6) is 5.88 Å². The standard InChI is InChI=1S/C10H12BrNO/c1-3-4-7(2)9-5-8(11)6-10(13)12-9/h3,5-7H,1,4H2,2H3,(H,12,13)/t7-/m0/s1. The number of allylic oxidation sites excluding steroid dienone is 1. The number of hydrogen-bond acceptors (Lipinski definition) is 2. The number of aromatic hydroxyl groups is 1. The lowest BCUT2D eigenvalue weighted by Gasteiger charge is -2.08. The SMILES string of the molecule is C=CC[C@H](C)c1cc(Br)cc(O)n1. The molecule has 1 rings (SSSR count). The Morgan fingerprint density at radius 1 is 1.69 bits per heavy atom. The molecule has 1 atom stereocenters. The zero-order chi connectivity index (χ0) is 9.84. The third-order valence-electron chi connectivity index (χ3n) is 1.82. The van der Waals surface area contributed by atoms with Crippen LogP contribution >= 0.6 is 15.9 Å². The second kappa shape index (κ2) is 4.42. The van der Waals surface area contributed by atoms with Crippen molar-refractivity contribution < 1.29 is 5.11 Å². The minimum atomic E-state index is 0.0558. The second-order valence-corrected chi connectivity index (χ2v) is 3.91. The highest BCUT2D eigenvalue weighted by atomic mass is 79.9. The van der Waals surface area contributed by atoms with Crippen LogP contribution in [0.3, 0.4) is 0 Å². The molecular weight excluding hydrogens is 230 g/mol. The Kier molecular flexibility index (Phi) is 3.48. The van der Waals surface area contributed by atoms with Gasteiger partial charge in [-0.15, -0.1) is 6.58 Å². The molecule has 1 heterocycles. The molecule has 0 spiro atoms. The quantitative estimate of drug-likeness (QED) is 0.825. The molecule has 70 valence electrons. The summed E-state index contributed by atoms with van der Waals surface area (Å²) in [6.45, 7) is 5.72. The van der Waals surface area contributed by atoms with Crippen molar-refractivity contribution in [2.75, 3.05) is 0 Å². The topological polar surface area (TPSA) is 33.1 Å². The summed E-state index contributed by atoms with van der Waals surface area (Å²) >= 11 is 3.31. The summed E-state index contributed by atoms with van der Waals surface area (Å²) in [5.41, 5.74) is 0.881. The lowest BCUT2D eigenvalue weighted by Crippen LogP contribution is -1.95. The van der Waals surface area contributed by atoms with Gasteiger partial charge >= 0.3 is 0 Å². The summed E-state index contributed by atoms with van der Waals surface area (Å²) in [6.07, 6.45) is 2.72. The summed E-state index contributed by atoms with van der Waals surface area (Å²) in [5.74, 6) is 0.348. The molecule has 0 saturated heterocycles. The van der Waals surface area contributed by atoms with Crippen molar-refractivity contribution in [3.63, 3.8) is 0 Å². The number of aromatic nitrogens is 1. The first kappa shape index (κ1) is 10.3. The molecule has 1 aromatic heterocycles. The number of nitrogens with zero attached hydrogens (tertiary/aromatic N) is 1. The van der Waals surface area contributed by atoms with Crippen LogP contribution in [-0.4, -0.2) is 10.1 Å². The average Bonchev–Trinajstić information content (AvgIpc) is 2.03. The average molecular weight is 242 g/mol. The molecule has 0 bridgehead atoms. The van der Waals surface area contributed by atoms with E-state index in [1.807, 2.05) is 12.1 Å². The van der Waals surface area contributed by atoms with Gasteiger partial charge in [0, 0.05) is 22.2 Å². The fourth-order valence-electron chi connectivity index (χ4n) is 1.13. The summed E-state index contributed by atoms with van der Waals surface area (Å²) in [5, 5.41) is 9.24. The summed E-state index contributed by atoms with van der Waals surface area (Å²) in [4.78, 5) is 4.03. The normalized spacial score (nSPS) is 12.5. The molecule has 0 unspecified atom stereocenters. The maximum atomic E-state index is 9.24. The van der Waals surface area contributed by atoms with Crippen molar-refractivity contribution in [1.29, 1.82) is 0 Å². The van der Waals surface area contributed by atoms with E-state index in [1.54, 1.807) is 6.07 Å². The Labute approximate surface area is 86.4 Å². The fourth-order valence-corrected chi connectivity index (χ4v) is 1.57. The summed E-state index contributed by atoms with van der Waals surface area (Å²) in [6, 6.07) is 3.48. The van der Waals surface area contributed by atoms with Gasteiger partial charge < -0.3 is 5.11 Å². The molecule has 0 amide bonds.